The molecule has 0 saturated heterocycles. The fourth-order valence-electron chi connectivity index (χ4n) is 3.14. The summed E-state index contributed by atoms with van der Waals surface area (Å²) in [6.07, 6.45) is 4.34. The molecule has 106 valence electrons. The van der Waals surface area contributed by atoms with Crippen LogP contribution in [0, 0.1) is 17.7 Å². The zero-order valence-electron chi connectivity index (χ0n) is 11.8. The van der Waals surface area contributed by atoms with E-state index < -0.39 is 0 Å². The zero-order valence-corrected chi connectivity index (χ0v) is 12.5. The molecule has 2 rings (SSSR count). The van der Waals surface area contributed by atoms with Crippen LogP contribution in [0.15, 0.2) is 18.2 Å². The molecule has 1 saturated carbocycles. The molecule has 1 N–H and O–H groups in total. The number of hydrogen-bond donors (Lipinski definition) is 1. The van der Waals surface area contributed by atoms with Gasteiger partial charge in [-0.05, 0) is 67.8 Å². The molecule has 1 aromatic rings. The first-order chi connectivity index (χ1) is 9.11. The van der Waals surface area contributed by atoms with Gasteiger partial charge in [-0.1, -0.05) is 25.4 Å². The van der Waals surface area contributed by atoms with Gasteiger partial charge in [-0.3, -0.25) is 0 Å². The van der Waals surface area contributed by atoms with Crippen molar-refractivity contribution in [1.82, 2.24) is 5.32 Å². The van der Waals surface area contributed by atoms with E-state index in [0.717, 1.165) is 24.9 Å². The summed E-state index contributed by atoms with van der Waals surface area (Å²) in [5.74, 6) is 1.04. The first-order valence-corrected chi connectivity index (χ1v) is 7.67. The molecule has 3 heteroatoms. The van der Waals surface area contributed by atoms with E-state index in [1.54, 1.807) is 12.1 Å². The maximum absolute atomic E-state index is 13.8. The van der Waals surface area contributed by atoms with Crippen molar-refractivity contribution in [3.63, 3.8) is 0 Å². The lowest BCUT2D eigenvalue weighted by atomic mass is 9.89. The SMILES string of the molecule is CCCNC1CCC(Cc2cc(Cl)ccc2F)C1C. The molecule has 3 unspecified atom stereocenters. The van der Waals surface area contributed by atoms with Gasteiger partial charge >= 0.3 is 0 Å². The molecule has 0 heterocycles. The zero-order chi connectivity index (χ0) is 13.8. The molecule has 0 bridgehead atoms. The molecule has 0 aliphatic heterocycles. The molecular weight excluding hydrogens is 261 g/mol. The Kier molecular flexibility index (Phi) is 5.23. The summed E-state index contributed by atoms with van der Waals surface area (Å²) in [5.41, 5.74) is 0.764. The first kappa shape index (κ1) is 14.8. The van der Waals surface area contributed by atoms with E-state index in [1.807, 2.05) is 0 Å². The Labute approximate surface area is 120 Å². The summed E-state index contributed by atoms with van der Waals surface area (Å²) in [6, 6.07) is 5.46. The van der Waals surface area contributed by atoms with Crippen molar-refractivity contribution in [2.45, 2.75) is 45.6 Å². The van der Waals surface area contributed by atoms with E-state index in [4.69, 9.17) is 11.6 Å². The second-order valence-corrected chi connectivity index (χ2v) is 6.13. The molecule has 1 aromatic carbocycles. The average Bonchev–Trinajstić information content (AvgIpc) is 2.73. The number of benzene rings is 1. The smallest absolute Gasteiger partial charge is 0.126 e. The minimum atomic E-state index is -0.124. The third kappa shape index (κ3) is 3.70. The lowest BCUT2D eigenvalue weighted by Crippen LogP contribution is -2.33. The van der Waals surface area contributed by atoms with E-state index in [9.17, 15) is 4.39 Å². The van der Waals surface area contributed by atoms with Gasteiger partial charge in [0.2, 0.25) is 0 Å². The molecule has 1 fully saturated rings. The van der Waals surface area contributed by atoms with Crippen molar-refractivity contribution in [1.29, 1.82) is 0 Å². The van der Waals surface area contributed by atoms with Gasteiger partial charge in [-0.15, -0.1) is 0 Å². The summed E-state index contributed by atoms with van der Waals surface area (Å²) in [7, 11) is 0. The minimum Gasteiger partial charge on any atom is -0.314 e. The van der Waals surface area contributed by atoms with Gasteiger partial charge in [0.1, 0.15) is 5.82 Å². The van der Waals surface area contributed by atoms with Crippen LogP contribution in [0.4, 0.5) is 4.39 Å². The molecule has 0 amide bonds. The van der Waals surface area contributed by atoms with Crippen molar-refractivity contribution < 1.29 is 4.39 Å². The van der Waals surface area contributed by atoms with E-state index in [1.165, 1.54) is 18.9 Å². The molecule has 1 nitrogen and oxygen atoms in total. The van der Waals surface area contributed by atoms with Crippen molar-refractivity contribution in [2.75, 3.05) is 6.54 Å². The van der Waals surface area contributed by atoms with Gasteiger partial charge in [-0.2, -0.15) is 0 Å². The van der Waals surface area contributed by atoms with Crippen LogP contribution < -0.4 is 5.32 Å². The third-order valence-electron chi connectivity index (χ3n) is 4.37. The molecule has 1 aliphatic rings. The van der Waals surface area contributed by atoms with Crippen LogP contribution in [0.2, 0.25) is 5.02 Å². The first-order valence-electron chi connectivity index (χ1n) is 7.29. The highest BCUT2D eigenvalue weighted by atomic mass is 35.5. The number of nitrogens with one attached hydrogen (secondary N) is 1. The van der Waals surface area contributed by atoms with Gasteiger partial charge in [0.05, 0.1) is 0 Å². The van der Waals surface area contributed by atoms with Gasteiger partial charge in [-0.25, -0.2) is 4.39 Å². The van der Waals surface area contributed by atoms with Crippen LogP contribution in [0.1, 0.15) is 38.7 Å². The summed E-state index contributed by atoms with van der Waals surface area (Å²) >= 11 is 5.96. The second-order valence-electron chi connectivity index (χ2n) is 5.70. The Balaban J connectivity index is 1.98. The van der Waals surface area contributed by atoms with E-state index in [-0.39, 0.29) is 5.82 Å². The Morgan fingerprint density at radius 2 is 2.16 bits per heavy atom. The number of hydrogen-bond acceptors (Lipinski definition) is 1. The van der Waals surface area contributed by atoms with Crippen molar-refractivity contribution in [2.24, 2.45) is 11.8 Å². The predicted molar refractivity (Wildman–Crippen MR) is 79.1 cm³/mol. The maximum atomic E-state index is 13.8. The Morgan fingerprint density at radius 3 is 2.89 bits per heavy atom. The monoisotopic (exact) mass is 283 g/mol. The van der Waals surface area contributed by atoms with E-state index in [2.05, 4.69) is 19.2 Å². The Hall–Kier alpha value is -0.600. The number of halogens is 2. The summed E-state index contributed by atoms with van der Waals surface area (Å²) in [6.45, 7) is 5.55. The predicted octanol–water partition coefficient (Wildman–Crippen LogP) is 4.44. The van der Waals surface area contributed by atoms with Gasteiger partial charge < -0.3 is 5.32 Å². The van der Waals surface area contributed by atoms with Crippen LogP contribution in [0.25, 0.3) is 0 Å². The van der Waals surface area contributed by atoms with Crippen LogP contribution in [0.5, 0.6) is 0 Å². The largest absolute Gasteiger partial charge is 0.314 e. The van der Waals surface area contributed by atoms with Crippen LogP contribution in [-0.2, 0) is 6.42 Å². The highest BCUT2D eigenvalue weighted by molar-refractivity contribution is 6.30. The molecule has 0 aromatic heterocycles. The average molecular weight is 284 g/mol. The normalized spacial score (nSPS) is 26.8. The highest BCUT2D eigenvalue weighted by Crippen LogP contribution is 2.35. The fourth-order valence-corrected chi connectivity index (χ4v) is 3.33. The quantitative estimate of drug-likeness (QED) is 0.843. The van der Waals surface area contributed by atoms with Gasteiger partial charge in [0.25, 0.3) is 0 Å². The lowest BCUT2D eigenvalue weighted by molar-refractivity contribution is 0.348. The van der Waals surface area contributed by atoms with Crippen molar-refractivity contribution in [3.05, 3.63) is 34.6 Å². The van der Waals surface area contributed by atoms with Crippen LogP contribution in [-0.4, -0.2) is 12.6 Å². The van der Waals surface area contributed by atoms with Crippen molar-refractivity contribution in [3.8, 4) is 0 Å². The summed E-state index contributed by atoms with van der Waals surface area (Å²) in [5, 5.41) is 4.23. The lowest BCUT2D eigenvalue weighted by Gasteiger charge is -2.22. The minimum absolute atomic E-state index is 0.124. The number of rotatable bonds is 5. The summed E-state index contributed by atoms with van der Waals surface area (Å²) < 4.78 is 13.8. The standard InChI is InChI=1S/C16H23ClFN/c1-3-8-19-16-7-4-12(11(16)2)9-13-10-14(17)5-6-15(13)18/h5-6,10-12,16,19H,3-4,7-9H2,1-2H3. The molecule has 1 aliphatic carbocycles. The Bertz CT molecular complexity index is 421. The molecule has 0 radical (unpaired) electrons. The molecule has 19 heavy (non-hydrogen) atoms. The molecule has 3 atom stereocenters. The van der Waals surface area contributed by atoms with Gasteiger partial charge in [0, 0.05) is 11.1 Å². The van der Waals surface area contributed by atoms with Crippen LogP contribution >= 0.6 is 11.6 Å². The Morgan fingerprint density at radius 1 is 1.37 bits per heavy atom. The molecule has 0 spiro atoms. The topological polar surface area (TPSA) is 12.0 Å². The van der Waals surface area contributed by atoms with Crippen LogP contribution in [0.3, 0.4) is 0 Å². The fraction of sp³-hybridized carbons (Fsp3) is 0.625. The van der Waals surface area contributed by atoms with E-state index >= 15 is 0 Å². The third-order valence-corrected chi connectivity index (χ3v) is 4.61. The van der Waals surface area contributed by atoms with E-state index in [0.29, 0.717) is 22.9 Å². The van der Waals surface area contributed by atoms with Gasteiger partial charge in [0.15, 0.2) is 0 Å². The maximum Gasteiger partial charge on any atom is 0.126 e. The summed E-state index contributed by atoms with van der Waals surface area (Å²) in [4.78, 5) is 0. The van der Waals surface area contributed by atoms with Crippen molar-refractivity contribution >= 4 is 11.6 Å². The molecular formula is C16H23ClFN. The highest BCUT2D eigenvalue weighted by Gasteiger charge is 2.32. The second kappa shape index (κ2) is 6.71.